The molecule has 0 aliphatic heterocycles. The predicted molar refractivity (Wildman–Crippen MR) is 51.1 cm³/mol. The summed E-state index contributed by atoms with van der Waals surface area (Å²) >= 11 is 5.61. The Morgan fingerprint density at radius 2 is 2.13 bits per heavy atom. The minimum Gasteiger partial charge on any atom is -0.294 e. The molecular weight excluding hydrogens is 224 g/mol. The molecule has 0 saturated heterocycles. The van der Waals surface area contributed by atoms with E-state index in [0.29, 0.717) is 0 Å². The van der Waals surface area contributed by atoms with Crippen LogP contribution in [-0.4, -0.2) is 5.78 Å². The van der Waals surface area contributed by atoms with E-state index in [0.717, 1.165) is 12.1 Å². The SMILES string of the molecule is CC(=O)c1cc(C(F)F)cc(Cl)c1C#N. The van der Waals surface area contributed by atoms with Crippen molar-refractivity contribution in [3.05, 3.63) is 33.8 Å². The third-order valence-corrected chi connectivity index (χ3v) is 2.15. The highest BCUT2D eigenvalue weighted by Gasteiger charge is 2.16. The summed E-state index contributed by atoms with van der Waals surface area (Å²) in [7, 11) is 0. The van der Waals surface area contributed by atoms with Crippen LogP contribution in [-0.2, 0) is 0 Å². The van der Waals surface area contributed by atoms with E-state index in [1.807, 2.05) is 0 Å². The van der Waals surface area contributed by atoms with Crippen LogP contribution in [0.15, 0.2) is 12.1 Å². The Kier molecular flexibility index (Phi) is 3.38. The van der Waals surface area contributed by atoms with Gasteiger partial charge in [0.2, 0.25) is 0 Å². The minimum absolute atomic E-state index is 0.0615. The van der Waals surface area contributed by atoms with Crippen molar-refractivity contribution in [3.8, 4) is 6.07 Å². The highest BCUT2D eigenvalue weighted by atomic mass is 35.5. The smallest absolute Gasteiger partial charge is 0.263 e. The monoisotopic (exact) mass is 229 g/mol. The molecule has 0 heterocycles. The van der Waals surface area contributed by atoms with Gasteiger partial charge in [0.1, 0.15) is 6.07 Å². The van der Waals surface area contributed by atoms with Gasteiger partial charge in [0.05, 0.1) is 10.6 Å². The lowest BCUT2D eigenvalue weighted by Gasteiger charge is -2.06. The zero-order valence-electron chi connectivity index (χ0n) is 7.72. The number of nitrogens with zero attached hydrogens (tertiary/aromatic N) is 1. The molecule has 1 rings (SSSR count). The number of rotatable bonds is 2. The van der Waals surface area contributed by atoms with Crippen LogP contribution in [0.5, 0.6) is 0 Å². The molecule has 0 unspecified atom stereocenters. The molecule has 0 N–H and O–H groups in total. The van der Waals surface area contributed by atoms with Gasteiger partial charge in [-0.1, -0.05) is 11.6 Å². The van der Waals surface area contributed by atoms with Gasteiger partial charge in [0, 0.05) is 11.1 Å². The first kappa shape index (κ1) is 11.6. The standard InChI is InChI=1S/C10H6ClF2NO/c1-5(15)7-2-6(10(12)13)3-9(11)8(7)4-14/h2-3,10H,1H3. The number of hydrogen-bond donors (Lipinski definition) is 0. The summed E-state index contributed by atoms with van der Waals surface area (Å²) < 4.78 is 24.7. The normalized spacial score (nSPS) is 10.1. The Morgan fingerprint density at radius 1 is 1.53 bits per heavy atom. The lowest BCUT2D eigenvalue weighted by atomic mass is 10.0. The van der Waals surface area contributed by atoms with E-state index in [2.05, 4.69) is 0 Å². The summed E-state index contributed by atoms with van der Waals surface area (Å²) in [6.07, 6.45) is -2.71. The molecule has 0 bridgehead atoms. The van der Waals surface area contributed by atoms with E-state index in [1.165, 1.54) is 6.92 Å². The topological polar surface area (TPSA) is 40.9 Å². The molecule has 0 atom stereocenters. The fourth-order valence-electron chi connectivity index (χ4n) is 1.14. The summed E-state index contributed by atoms with van der Waals surface area (Å²) in [4.78, 5) is 11.1. The first-order valence-corrected chi connectivity index (χ1v) is 4.37. The molecule has 0 aromatic heterocycles. The number of carbonyl (C=O) groups excluding carboxylic acids is 1. The van der Waals surface area contributed by atoms with Crippen LogP contribution in [0.2, 0.25) is 5.02 Å². The van der Waals surface area contributed by atoms with Crippen molar-refractivity contribution in [1.82, 2.24) is 0 Å². The number of ketones is 1. The summed E-state index contributed by atoms with van der Waals surface area (Å²) in [5.41, 5.74) is -0.488. The van der Waals surface area contributed by atoms with Crippen molar-refractivity contribution >= 4 is 17.4 Å². The van der Waals surface area contributed by atoms with E-state index < -0.39 is 12.2 Å². The zero-order valence-corrected chi connectivity index (χ0v) is 8.48. The van der Waals surface area contributed by atoms with Gasteiger partial charge in [-0.2, -0.15) is 5.26 Å². The fraction of sp³-hybridized carbons (Fsp3) is 0.200. The zero-order chi connectivity index (χ0) is 11.6. The van der Waals surface area contributed by atoms with E-state index >= 15 is 0 Å². The third-order valence-electron chi connectivity index (χ3n) is 1.86. The molecule has 5 heteroatoms. The molecular formula is C10H6ClF2NO. The van der Waals surface area contributed by atoms with Crippen LogP contribution in [0.4, 0.5) is 8.78 Å². The third kappa shape index (κ3) is 2.31. The van der Waals surface area contributed by atoms with Crippen LogP contribution < -0.4 is 0 Å². The van der Waals surface area contributed by atoms with E-state index in [-0.39, 0.29) is 21.7 Å². The Balaban J connectivity index is 3.47. The van der Waals surface area contributed by atoms with Crippen molar-refractivity contribution in [2.75, 3.05) is 0 Å². The van der Waals surface area contributed by atoms with Crippen molar-refractivity contribution in [1.29, 1.82) is 5.26 Å². The van der Waals surface area contributed by atoms with Crippen molar-refractivity contribution < 1.29 is 13.6 Å². The Labute approximate surface area is 90.1 Å². The van der Waals surface area contributed by atoms with Gasteiger partial charge in [0.25, 0.3) is 6.43 Å². The second-order valence-corrected chi connectivity index (χ2v) is 3.30. The largest absolute Gasteiger partial charge is 0.294 e. The van der Waals surface area contributed by atoms with Gasteiger partial charge in [0.15, 0.2) is 5.78 Å². The van der Waals surface area contributed by atoms with E-state index in [1.54, 1.807) is 6.07 Å². The molecule has 0 aliphatic carbocycles. The number of alkyl halides is 2. The first-order valence-electron chi connectivity index (χ1n) is 4.00. The van der Waals surface area contributed by atoms with Crippen molar-refractivity contribution in [2.45, 2.75) is 13.3 Å². The highest BCUT2D eigenvalue weighted by molar-refractivity contribution is 6.32. The molecule has 0 aliphatic rings. The van der Waals surface area contributed by atoms with Crippen LogP contribution in [0, 0.1) is 11.3 Å². The Morgan fingerprint density at radius 3 is 2.53 bits per heavy atom. The second kappa shape index (κ2) is 4.37. The van der Waals surface area contributed by atoms with E-state index in [4.69, 9.17) is 16.9 Å². The predicted octanol–water partition coefficient (Wildman–Crippen LogP) is 3.35. The maximum atomic E-state index is 12.4. The van der Waals surface area contributed by atoms with Gasteiger partial charge in [-0.05, 0) is 19.1 Å². The Hall–Kier alpha value is -1.47. The number of halogens is 3. The van der Waals surface area contributed by atoms with Crippen LogP contribution in [0.1, 0.15) is 34.8 Å². The molecule has 78 valence electrons. The fourth-order valence-corrected chi connectivity index (χ4v) is 1.41. The number of Topliss-reactive ketones (excluding diaryl/α,β-unsaturated/α-hetero) is 1. The maximum absolute atomic E-state index is 12.4. The number of benzene rings is 1. The summed E-state index contributed by atoms with van der Waals surface area (Å²) in [6.45, 7) is 1.20. The molecule has 2 nitrogen and oxygen atoms in total. The van der Waals surface area contributed by atoms with Crippen molar-refractivity contribution in [2.24, 2.45) is 0 Å². The van der Waals surface area contributed by atoms with Crippen LogP contribution in [0.3, 0.4) is 0 Å². The average molecular weight is 230 g/mol. The lowest BCUT2D eigenvalue weighted by Crippen LogP contribution is -2.00. The molecule has 0 saturated carbocycles. The second-order valence-electron chi connectivity index (χ2n) is 2.89. The summed E-state index contributed by atoms with van der Waals surface area (Å²) in [5.74, 6) is -0.462. The highest BCUT2D eigenvalue weighted by Crippen LogP contribution is 2.28. The van der Waals surface area contributed by atoms with Crippen LogP contribution in [0.25, 0.3) is 0 Å². The summed E-state index contributed by atoms with van der Waals surface area (Å²) in [6, 6.07) is 3.71. The van der Waals surface area contributed by atoms with Gasteiger partial charge in [-0.3, -0.25) is 4.79 Å². The number of carbonyl (C=O) groups is 1. The molecule has 15 heavy (non-hydrogen) atoms. The number of hydrogen-bond acceptors (Lipinski definition) is 2. The average Bonchev–Trinajstić information content (AvgIpc) is 2.16. The van der Waals surface area contributed by atoms with Crippen LogP contribution >= 0.6 is 11.6 Å². The molecule has 0 fully saturated rings. The molecule has 0 spiro atoms. The molecule has 1 aromatic rings. The number of nitriles is 1. The summed E-state index contributed by atoms with van der Waals surface area (Å²) in [5, 5.41) is 8.58. The molecule has 0 radical (unpaired) electrons. The first-order chi connectivity index (χ1) is 6.97. The Bertz CT molecular complexity index is 451. The maximum Gasteiger partial charge on any atom is 0.263 e. The molecule has 1 aromatic carbocycles. The minimum atomic E-state index is -2.71. The van der Waals surface area contributed by atoms with Gasteiger partial charge >= 0.3 is 0 Å². The van der Waals surface area contributed by atoms with Crippen molar-refractivity contribution in [3.63, 3.8) is 0 Å². The van der Waals surface area contributed by atoms with E-state index in [9.17, 15) is 13.6 Å². The molecule has 0 amide bonds. The van der Waals surface area contributed by atoms with Gasteiger partial charge in [-0.15, -0.1) is 0 Å². The van der Waals surface area contributed by atoms with Gasteiger partial charge < -0.3 is 0 Å². The quantitative estimate of drug-likeness (QED) is 0.730. The lowest BCUT2D eigenvalue weighted by molar-refractivity contribution is 0.101. The van der Waals surface area contributed by atoms with Gasteiger partial charge in [-0.25, -0.2) is 8.78 Å².